The van der Waals surface area contributed by atoms with Crippen molar-refractivity contribution in [1.29, 1.82) is 0 Å². The molecule has 0 aliphatic carbocycles. The Morgan fingerprint density at radius 2 is 1.24 bits per heavy atom. The monoisotopic (exact) mass is 414 g/mol. The van der Waals surface area contributed by atoms with Gasteiger partial charge in [-0.05, 0) is 38.0 Å². The van der Waals surface area contributed by atoms with E-state index in [-0.39, 0.29) is 0 Å². The maximum atomic E-state index is 11.6. The molecule has 0 aromatic rings. The van der Waals surface area contributed by atoms with E-state index >= 15 is 0 Å². The predicted molar refractivity (Wildman–Crippen MR) is 119 cm³/mol. The quantitative estimate of drug-likeness (QED) is 0.167. The van der Waals surface area contributed by atoms with Crippen LogP contribution in [0.2, 0.25) is 0 Å². The minimum absolute atomic E-state index is 0.421. The molecular formula is C24H46O5. The summed E-state index contributed by atoms with van der Waals surface area (Å²) in [6, 6.07) is 0. The highest BCUT2D eigenvalue weighted by Crippen LogP contribution is 2.35. The van der Waals surface area contributed by atoms with Crippen LogP contribution in [0.4, 0.5) is 0 Å². The summed E-state index contributed by atoms with van der Waals surface area (Å²) >= 11 is 0. The fourth-order valence-electron chi connectivity index (χ4n) is 3.85. The molecule has 0 aromatic heterocycles. The zero-order chi connectivity index (χ0) is 22.0. The summed E-state index contributed by atoms with van der Waals surface area (Å²) in [7, 11) is 0. The summed E-state index contributed by atoms with van der Waals surface area (Å²) in [6.07, 6.45) is 19.3. The fraction of sp³-hybridized carbons (Fsp3) is 0.875. The van der Waals surface area contributed by atoms with Gasteiger partial charge in [0, 0.05) is 5.41 Å². The normalized spacial score (nSPS) is 14.4. The van der Waals surface area contributed by atoms with Gasteiger partial charge in [-0.2, -0.15) is 0 Å². The molecule has 0 rings (SSSR count). The van der Waals surface area contributed by atoms with Gasteiger partial charge in [0.05, 0.1) is 25.7 Å². The van der Waals surface area contributed by atoms with Crippen molar-refractivity contribution in [2.45, 2.75) is 97.3 Å². The third-order valence-electron chi connectivity index (χ3n) is 6.36. The lowest BCUT2D eigenvalue weighted by molar-refractivity contribution is -0.148. The van der Waals surface area contributed by atoms with Crippen LogP contribution in [0.15, 0.2) is 12.2 Å². The molecule has 2 unspecified atom stereocenters. The van der Waals surface area contributed by atoms with Crippen LogP contribution in [-0.4, -0.2) is 46.2 Å². The lowest BCUT2D eigenvalue weighted by atomic mass is 9.70. The molecule has 0 amide bonds. The van der Waals surface area contributed by atoms with Crippen molar-refractivity contribution in [3.05, 3.63) is 12.2 Å². The van der Waals surface area contributed by atoms with Crippen LogP contribution in [-0.2, 0) is 4.79 Å². The number of allylic oxidation sites excluding steroid dienone is 2. The summed E-state index contributed by atoms with van der Waals surface area (Å²) in [6.45, 7) is 2.68. The van der Waals surface area contributed by atoms with Crippen LogP contribution >= 0.6 is 0 Å². The first kappa shape index (κ1) is 28.1. The van der Waals surface area contributed by atoms with E-state index in [0.29, 0.717) is 6.42 Å². The molecule has 0 bridgehead atoms. The number of hydrogen-bond acceptors (Lipinski definition) is 4. The van der Waals surface area contributed by atoms with Gasteiger partial charge in [0.2, 0.25) is 0 Å². The molecule has 0 fully saturated rings. The second-order valence-corrected chi connectivity index (χ2v) is 8.59. The first-order valence-corrected chi connectivity index (χ1v) is 11.7. The van der Waals surface area contributed by atoms with E-state index in [1.54, 1.807) is 6.92 Å². The van der Waals surface area contributed by atoms with Crippen molar-refractivity contribution < 1.29 is 25.2 Å². The third-order valence-corrected chi connectivity index (χ3v) is 6.36. The van der Waals surface area contributed by atoms with E-state index in [2.05, 4.69) is 19.1 Å². The van der Waals surface area contributed by atoms with Gasteiger partial charge in [-0.3, -0.25) is 4.79 Å². The Hall–Kier alpha value is -0.910. The number of aliphatic hydroxyl groups is 3. The van der Waals surface area contributed by atoms with Crippen LogP contribution in [0.5, 0.6) is 0 Å². The van der Waals surface area contributed by atoms with E-state index in [0.717, 1.165) is 32.1 Å². The highest BCUT2D eigenvalue weighted by Gasteiger charge is 2.41. The fourth-order valence-corrected chi connectivity index (χ4v) is 3.85. The molecule has 2 atom stereocenters. The molecule has 172 valence electrons. The maximum Gasteiger partial charge on any atom is 0.306 e. The zero-order valence-corrected chi connectivity index (χ0v) is 18.8. The minimum atomic E-state index is -1.15. The van der Waals surface area contributed by atoms with Crippen molar-refractivity contribution in [2.24, 2.45) is 17.3 Å². The van der Waals surface area contributed by atoms with Gasteiger partial charge in [-0.25, -0.2) is 0 Å². The summed E-state index contributed by atoms with van der Waals surface area (Å²) in [4.78, 5) is 11.6. The Bertz CT molecular complexity index is 409. The molecule has 0 aromatic carbocycles. The summed E-state index contributed by atoms with van der Waals surface area (Å²) in [5.41, 5.74) is -1.15. The zero-order valence-electron chi connectivity index (χ0n) is 18.8. The first-order valence-electron chi connectivity index (χ1n) is 11.7. The highest BCUT2D eigenvalue weighted by molar-refractivity contribution is 5.70. The van der Waals surface area contributed by atoms with Crippen molar-refractivity contribution in [3.8, 4) is 0 Å². The first-order chi connectivity index (χ1) is 14.0. The number of rotatable bonds is 20. The van der Waals surface area contributed by atoms with Gasteiger partial charge in [0.15, 0.2) is 0 Å². The lowest BCUT2D eigenvalue weighted by Crippen LogP contribution is -2.45. The molecule has 5 nitrogen and oxygen atoms in total. The van der Waals surface area contributed by atoms with E-state index in [4.69, 9.17) is 0 Å². The molecule has 0 saturated heterocycles. The average Bonchev–Trinajstić information content (AvgIpc) is 2.72. The van der Waals surface area contributed by atoms with E-state index in [1.807, 2.05) is 0 Å². The van der Waals surface area contributed by atoms with Gasteiger partial charge in [-0.15, -0.1) is 0 Å². The summed E-state index contributed by atoms with van der Waals surface area (Å²) in [5, 5.41) is 38.2. The van der Waals surface area contributed by atoms with Gasteiger partial charge in [0.25, 0.3) is 0 Å². The Kier molecular flexibility index (Phi) is 17.3. The lowest BCUT2D eigenvalue weighted by Gasteiger charge is -2.37. The molecule has 0 spiro atoms. The van der Waals surface area contributed by atoms with Crippen LogP contribution < -0.4 is 0 Å². The van der Waals surface area contributed by atoms with Crippen LogP contribution in [0.1, 0.15) is 97.3 Å². The molecule has 0 aliphatic rings. The largest absolute Gasteiger partial charge is 0.481 e. The highest BCUT2D eigenvalue weighted by atomic mass is 16.4. The summed E-state index contributed by atoms with van der Waals surface area (Å²) in [5.74, 6) is -2.08. The second-order valence-electron chi connectivity index (χ2n) is 8.59. The number of unbranched alkanes of at least 4 members (excludes halogenated alkanes) is 10. The molecule has 0 radical (unpaired) electrons. The van der Waals surface area contributed by atoms with Crippen LogP contribution in [0.25, 0.3) is 0 Å². The van der Waals surface area contributed by atoms with Gasteiger partial charge < -0.3 is 20.4 Å². The topological polar surface area (TPSA) is 98.0 Å². The van der Waals surface area contributed by atoms with Gasteiger partial charge in [-0.1, -0.05) is 77.4 Å². The molecule has 4 N–H and O–H groups in total. The molecular weight excluding hydrogens is 368 g/mol. The van der Waals surface area contributed by atoms with Crippen LogP contribution in [0.3, 0.4) is 0 Å². The number of aliphatic hydroxyl groups excluding tert-OH is 3. The Balaban J connectivity index is 3.95. The number of hydrogen-bond donors (Lipinski definition) is 4. The number of carboxylic acid groups (broad SMARTS) is 1. The number of aliphatic carboxylic acids is 1. The molecule has 0 heterocycles. The van der Waals surface area contributed by atoms with Gasteiger partial charge >= 0.3 is 5.97 Å². The third kappa shape index (κ3) is 11.8. The molecule has 5 heteroatoms. The predicted octanol–water partition coefficient (Wildman–Crippen LogP) is 4.93. The standard InChI is InChI=1S/C24H46O5/c1-3-4-5-6-7-8-9-10-11-12-13-14-15-16-17-22(23(28)29)21(2)24(18-25,19-26)20-27/h10-11,21-22,25-27H,3-9,12-20H2,1-2H3,(H,28,29)/b11-10-. The Morgan fingerprint density at radius 3 is 1.69 bits per heavy atom. The second kappa shape index (κ2) is 17.9. The average molecular weight is 415 g/mol. The number of carboxylic acids is 1. The molecule has 0 aliphatic heterocycles. The van der Waals surface area contributed by atoms with Crippen molar-refractivity contribution >= 4 is 5.97 Å². The minimum Gasteiger partial charge on any atom is -0.481 e. The van der Waals surface area contributed by atoms with Crippen molar-refractivity contribution in [1.82, 2.24) is 0 Å². The van der Waals surface area contributed by atoms with Gasteiger partial charge in [0.1, 0.15) is 0 Å². The molecule has 0 saturated carbocycles. The molecule has 29 heavy (non-hydrogen) atoms. The summed E-state index contributed by atoms with van der Waals surface area (Å²) < 4.78 is 0. The SMILES string of the molecule is CCCCCCCC/C=C\CCCCCCC(C(=O)O)C(C)C(CO)(CO)CO. The number of carbonyl (C=O) groups is 1. The van der Waals surface area contributed by atoms with E-state index < -0.39 is 43.0 Å². The smallest absolute Gasteiger partial charge is 0.306 e. The Labute approximate surface area is 178 Å². The van der Waals surface area contributed by atoms with E-state index in [9.17, 15) is 25.2 Å². The van der Waals surface area contributed by atoms with Crippen molar-refractivity contribution in [2.75, 3.05) is 19.8 Å². The Morgan fingerprint density at radius 1 is 0.793 bits per heavy atom. The van der Waals surface area contributed by atoms with Crippen molar-refractivity contribution in [3.63, 3.8) is 0 Å². The maximum absolute atomic E-state index is 11.6. The van der Waals surface area contributed by atoms with E-state index in [1.165, 1.54) is 44.9 Å². The van der Waals surface area contributed by atoms with Crippen LogP contribution in [0, 0.1) is 17.3 Å².